The molecule has 0 aliphatic carbocycles. The average Bonchev–Trinajstić information content (AvgIpc) is 2.05. The molecular weight excluding hydrogens is 164 g/mol. The zero-order valence-electron chi connectivity index (χ0n) is 7.29. The van der Waals surface area contributed by atoms with Gasteiger partial charge in [0.05, 0.1) is 13.2 Å². The molecule has 0 amide bonds. The van der Waals surface area contributed by atoms with Crippen molar-refractivity contribution in [3.05, 3.63) is 0 Å². The Morgan fingerprint density at radius 1 is 1.45 bits per heavy atom. The zero-order chi connectivity index (χ0) is 8.85. The van der Waals surface area contributed by atoms with E-state index in [0.29, 0.717) is 0 Å². The molecule has 0 spiro atoms. The van der Waals surface area contributed by atoms with Crippen LogP contribution in [0.15, 0.2) is 0 Å². The van der Waals surface area contributed by atoms with Gasteiger partial charge in [0.25, 0.3) is 0 Å². The largest absolute Gasteiger partial charge is 0.468 e. The van der Waals surface area contributed by atoms with Crippen LogP contribution >= 0.6 is 11.8 Å². The minimum Gasteiger partial charge on any atom is -0.468 e. The normalized spacial score (nSPS) is 15.6. The van der Waals surface area contributed by atoms with Crippen LogP contribution < -0.4 is 0 Å². The number of carbonyl (C=O) groups is 1. The van der Waals surface area contributed by atoms with E-state index < -0.39 is 0 Å². The highest BCUT2D eigenvalue weighted by Crippen LogP contribution is 2.14. The third-order valence-electron chi connectivity index (χ3n) is 1.49. The number of hydrogen-bond donors (Lipinski definition) is 0. The van der Waals surface area contributed by atoms with Gasteiger partial charge in [0.15, 0.2) is 0 Å². The molecule has 0 N–H and O–H groups in total. The fraction of sp³-hybridized carbons (Fsp3) is 0.857. The smallest absolute Gasteiger partial charge is 0.321 e. The van der Waals surface area contributed by atoms with Crippen molar-refractivity contribution in [2.24, 2.45) is 0 Å². The molecule has 0 aromatic rings. The lowest BCUT2D eigenvalue weighted by molar-refractivity contribution is -0.142. The number of ether oxygens (including phenoxy) is 2. The number of rotatable bonds is 4. The van der Waals surface area contributed by atoms with Crippen LogP contribution in [0.5, 0.6) is 0 Å². The molecule has 0 aliphatic heterocycles. The number of carbonyl (C=O) groups excluding carboxylic acids is 1. The van der Waals surface area contributed by atoms with Crippen molar-refractivity contribution in [1.29, 1.82) is 0 Å². The van der Waals surface area contributed by atoms with Crippen molar-refractivity contribution in [3.63, 3.8) is 0 Å². The third kappa shape index (κ3) is 3.12. The van der Waals surface area contributed by atoms with E-state index in [1.807, 2.05) is 13.2 Å². The summed E-state index contributed by atoms with van der Waals surface area (Å²) in [6.45, 7) is 1.85. The summed E-state index contributed by atoms with van der Waals surface area (Å²) in [6, 6.07) is 0. The minimum atomic E-state index is -0.230. The molecule has 11 heavy (non-hydrogen) atoms. The van der Waals surface area contributed by atoms with Crippen LogP contribution in [-0.2, 0) is 14.3 Å². The molecule has 0 radical (unpaired) electrons. The molecule has 2 atom stereocenters. The maximum absolute atomic E-state index is 11.0. The molecule has 0 saturated carbocycles. The van der Waals surface area contributed by atoms with Crippen LogP contribution in [0.4, 0.5) is 0 Å². The van der Waals surface area contributed by atoms with E-state index in [2.05, 4.69) is 4.74 Å². The average molecular weight is 178 g/mol. The van der Waals surface area contributed by atoms with Crippen molar-refractivity contribution < 1.29 is 14.3 Å². The van der Waals surface area contributed by atoms with Crippen LogP contribution in [-0.4, -0.2) is 37.8 Å². The molecule has 0 saturated heterocycles. The Labute approximate surface area is 71.4 Å². The van der Waals surface area contributed by atoms with Gasteiger partial charge < -0.3 is 9.47 Å². The lowest BCUT2D eigenvalue weighted by Gasteiger charge is -2.17. The monoisotopic (exact) mass is 178 g/mol. The van der Waals surface area contributed by atoms with E-state index in [9.17, 15) is 4.79 Å². The summed E-state index contributed by atoms with van der Waals surface area (Å²) >= 11 is 1.44. The number of thioether (sulfide) groups is 1. The summed E-state index contributed by atoms with van der Waals surface area (Å²) in [5.74, 6) is -0.230. The first-order valence-electron chi connectivity index (χ1n) is 3.30. The fourth-order valence-electron chi connectivity index (χ4n) is 0.719. The van der Waals surface area contributed by atoms with E-state index in [-0.39, 0.29) is 17.3 Å². The van der Waals surface area contributed by atoms with Crippen LogP contribution in [0.25, 0.3) is 0 Å². The highest BCUT2D eigenvalue weighted by atomic mass is 32.2. The molecular formula is C7H14O3S. The van der Waals surface area contributed by atoms with Gasteiger partial charge in [-0.25, -0.2) is 0 Å². The summed E-state index contributed by atoms with van der Waals surface area (Å²) in [5, 5.41) is -0.218. The second-order valence-electron chi connectivity index (χ2n) is 2.12. The summed E-state index contributed by atoms with van der Waals surface area (Å²) in [7, 11) is 2.96. The molecule has 0 fully saturated rings. The fourth-order valence-corrected chi connectivity index (χ4v) is 1.50. The van der Waals surface area contributed by atoms with Crippen molar-refractivity contribution in [1.82, 2.24) is 0 Å². The Hall–Kier alpha value is -0.220. The Kier molecular flexibility index (Phi) is 5.32. The van der Waals surface area contributed by atoms with Gasteiger partial charge >= 0.3 is 5.97 Å². The molecule has 0 aromatic carbocycles. The summed E-state index contributed by atoms with van der Waals surface area (Å²) in [5.41, 5.74) is 0. The van der Waals surface area contributed by atoms with Gasteiger partial charge in [0.1, 0.15) is 5.25 Å². The van der Waals surface area contributed by atoms with Gasteiger partial charge in [0, 0.05) is 7.11 Å². The Morgan fingerprint density at radius 2 is 2.00 bits per heavy atom. The first-order chi connectivity index (χ1) is 5.17. The van der Waals surface area contributed by atoms with E-state index >= 15 is 0 Å². The molecule has 0 unspecified atom stereocenters. The summed E-state index contributed by atoms with van der Waals surface area (Å²) in [4.78, 5) is 11.0. The van der Waals surface area contributed by atoms with Gasteiger partial charge in [-0.1, -0.05) is 0 Å². The Morgan fingerprint density at radius 3 is 2.27 bits per heavy atom. The van der Waals surface area contributed by atoms with Crippen molar-refractivity contribution in [3.8, 4) is 0 Å². The maximum atomic E-state index is 11.0. The molecule has 4 heteroatoms. The minimum absolute atomic E-state index is 0.0996. The topological polar surface area (TPSA) is 35.5 Å². The molecule has 0 bridgehead atoms. The van der Waals surface area contributed by atoms with Crippen LogP contribution in [0.2, 0.25) is 0 Å². The summed E-state index contributed by atoms with van der Waals surface area (Å²) in [6.07, 6.45) is 1.76. The first-order valence-corrected chi connectivity index (χ1v) is 4.59. The predicted molar refractivity (Wildman–Crippen MR) is 45.8 cm³/mol. The van der Waals surface area contributed by atoms with Gasteiger partial charge in [-0.15, -0.1) is 11.8 Å². The highest BCUT2D eigenvalue weighted by molar-refractivity contribution is 7.99. The second kappa shape index (κ2) is 5.43. The quantitative estimate of drug-likeness (QED) is 0.600. The van der Waals surface area contributed by atoms with E-state index in [1.165, 1.54) is 18.9 Å². The highest BCUT2D eigenvalue weighted by Gasteiger charge is 2.24. The SMILES string of the molecule is COC(=O)[C@@H](SC)[C@H](C)OC. The van der Waals surface area contributed by atoms with Crippen molar-refractivity contribution in [2.75, 3.05) is 20.5 Å². The zero-order valence-corrected chi connectivity index (χ0v) is 8.10. The molecule has 0 rings (SSSR count). The van der Waals surface area contributed by atoms with Crippen LogP contribution in [0.1, 0.15) is 6.92 Å². The second-order valence-corrected chi connectivity index (χ2v) is 3.10. The third-order valence-corrected chi connectivity index (χ3v) is 2.57. The van der Waals surface area contributed by atoms with Crippen molar-refractivity contribution >= 4 is 17.7 Å². The number of esters is 1. The lowest BCUT2D eigenvalue weighted by Crippen LogP contribution is -2.31. The standard InChI is InChI=1S/C7H14O3S/c1-5(9-2)6(11-4)7(8)10-3/h5-6H,1-4H3/t5-,6-/m0/s1. The molecule has 3 nitrogen and oxygen atoms in total. The number of hydrogen-bond acceptors (Lipinski definition) is 4. The Balaban J connectivity index is 4.03. The number of methoxy groups -OCH3 is 2. The predicted octanol–water partition coefficient (Wildman–Crippen LogP) is 0.926. The Bertz CT molecular complexity index is 127. The summed E-state index contributed by atoms with van der Waals surface area (Å²) < 4.78 is 9.59. The van der Waals surface area contributed by atoms with Crippen molar-refractivity contribution in [2.45, 2.75) is 18.3 Å². The van der Waals surface area contributed by atoms with E-state index in [0.717, 1.165) is 0 Å². The molecule has 0 aromatic heterocycles. The maximum Gasteiger partial charge on any atom is 0.321 e. The van der Waals surface area contributed by atoms with Gasteiger partial charge in [-0.2, -0.15) is 0 Å². The van der Waals surface area contributed by atoms with Crippen LogP contribution in [0, 0.1) is 0 Å². The van der Waals surface area contributed by atoms with E-state index in [1.54, 1.807) is 7.11 Å². The lowest BCUT2D eigenvalue weighted by atomic mass is 10.3. The molecule has 66 valence electrons. The first kappa shape index (κ1) is 10.8. The van der Waals surface area contributed by atoms with E-state index in [4.69, 9.17) is 4.74 Å². The van der Waals surface area contributed by atoms with Crippen LogP contribution in [0.3, 0.4) is 0 Å². The molecule has 0 heterocycles. The van der Waals surface area contributed by atoms with Gasteiger partial charge in [-0.3, -0.25) is 4.79 Å². The van der Waals surface area contributed by atoms with Gasteiger partial charge in [0.2, 0.25) is 0 Å². The molecule has 0 aliphatic rings. The van der Waals surface area contributed by atoms with Gasteiger partial charge in [-0.05, 0) is 13.2 Å².